The van der Waals surface area contributed by atoms with Crippen molar-refractivity contribution in [1.29, 1.82) is 0 Å². The molecule has 0 spiro atoms. The molecule has 1 saturated heterocycles. The van der Waals surface area contributed by atoms with Crippen LogP contribution >= 0.6 is 0 Å². The third-order valence-corrected chi connectivity index (χ3v) is 5.31. The number of carbonyl (C=O) groups excluding carboxylic acids is 3. The molecular weight excluding hydrogens is 348 g/mol. The van der Waals surface area contributed by atoms with Crippen LogP contribution in [0.2, 0.25) is 0 Å². The second-order valence-corrected chi connectivity index (χ2v) is 8.56. The zero-order valence-corrected chi connectivity index (χ0v) is 17.1. The summed E-state index contributed by atoms with van der Waals surface area (Å²) in [4.78, 5) is 38.5. The second-order valence-electron chi connectivity index (χ2n) is 8.56. The van der Waals surface area contributed by atoms with Gasteiger partial charge in [-0.2, -0.15) is 0 Å². The van der Waals surface area contributed by atoms with E-state index in [-0.39, 0.29) is 18.4 Å². The van der Waals surface area contributed by atoms with Crippen molar-refractivity contribution in [3.05, 3.63) is 0 Å². The first kappa shape index (κ1) is 21.5. The van der Waals surface area contributed by atoms with Gasteiger partial charge in [0, 0.05) is 6.54 Å². The van der Waals surface area contributed by atoms with Crippen LogP contribution in [0.15, 0.2) is 0 Å². The summed E-state index contributed by atoms with van der Waals surface area (Å²) < 4.78 is 10.4. The molecule has 2 fully saturated rings. The fraction of sp³-hybridized carbons (Fsp3) is 0.850. The summed E-state index contributed by atoms with van der Waals surface area (Å²) >= 11 is 0. The van der Waals surface area contributed by atoms with Gasteiger partial charge in [0.25, 0.3) is 0 Å². The molecule has 1 saturated carbocycles. The van der Waals surface area contributed by atoms with Gasteiger partial charge < -0.3 is 19.7 Å². The summed E-state index contributed by atoms with van der Waals surface area (Å²) in [6.07, 6.45) is 6.07. The van der Waals surface area contributed by atoms with Gasteiger partial charge in [0.2, 0.25) is 5.91 Å². The SMILES string of the molecule is CCOC(=O)[C@@H]1C[C@@H](C2CCCCC2)CN1C(=O)CNC(=O)OC(C)(C)C. The molecule has 0 radical (unpaired) electrons. The van der Waals surface area contributed by atoms with Gasteiger partial charge in [0.1, 0.15) is 18.2 Å². The third-order valence-electron chi connectivity index (χ3n) is 5.31. The second kappa shape index (κ2) is 9.42. The molecule has 154 valence electrons. The highest BCUT2D eigenvalue weighted by Gasteiger charge is 2.43. The summed E-state index contributed by atoms with van der Waals surface area (Å²) in [7, 11) is 0. The van der Waals surface area contributed by atoms with Crippen molar-refractivity contribution in [2.24, 2.45) is 11.8 Å². The first-order valence-electron chi connectivity index (χ1n) is 10.1. The maximum atomic E-state index is 12.7. The van der Waals surface area contributed by atoms with E-state index in [2.05, 4.69) is 5.32 Å². The lowest BCUT2D eigenvalue weighted by atomic mass is 9.79. The van der Waals surface area contributed by atoms with Gasteiger partial charge >= 0.3 is 12.1 Å². The predicted molar refractivity (Wildman–Crippen MR) is 101 cm³/mol. The van der Waals surface area contributed by atoms with Crippen LogP contribution in [-0.2, 0) is 19.1 Å². The third kappa shape index (κ3) is 6.40. The Bertz CT molecular complexity index is 537. The van der Waals surface area contributed by atoms with Crippen molar-refractivity contribution in [3.63, 3.8) is 0 Å². The van der Waals surface area contributed by atoms with Crippen molar-refractivity contribution >= 4 is 18.0 Å². The lowest BCUT2D eigenvalue weighted by Crippen LogP contribution is -2.46. The lowest BCUT2D eigenvalue weighted by Gasteiger charge is -2.27. The highest BCUT2D eigenvalue weighted by atomic mass is 16.6. The number of rotatable bonds is 5. The molecule has 1 aliphatic carbocycles. The van der Waals surface area contributed by atoms with Crippen molar-refractivity contribution in [1.82, 2.24) is 10.2 Å². The summed E-state index contributed by atoms with van der Waals surface area (Å²) in [5.74, 6) is 0.274. The van der Waals surface area contributed by atoms with E-state index in [0.29, 0.717) is 31.4 Å². The molecule has 0 bridgehead atoms. The van der Waals surface area contributed by atoms with Gasteiger partial charge in [0.05, 0.1) is 6.61 Å². The van der Waals surface area contributed by atoms with E-state index in [0.717, 1.165) is 0 Å². The minimum atomic E-state index is -0.633. The van der Waals surface area contributed by atoms with E-state index >= 15 is 0 Å². The Morgan fingerprint density at radius 1 is 1.07 bits per heavy atom. The molecule has 2 atom stereocenters. The Morgan fingerprint density at radius 2 is 1.74 bits per heavy atom. The Balaban J connectivity index is 1.98. The number of esters is 1. The number of nitrogens with one attached hydrogen (secondary N) is 1. The average Bonchev–Trinajstić information content (AvgIpc) is 3.05. The number of hydrogen-bond donors (Lipinski definition) is 1. The van der Waals surface area contributed by atoms with Gasteiger partial charge in [-0.15, -0.1) is 0 Å². The Labute approximate surface area is 162 Å². The number of likely N-dealkylation sites (tertiary alicyclic amines) is 1. The van der Waals surface area contributed by atoms with E-state index in [1.807, 2.05) is 0 Å². The van der Waals surface area contributed by atoms with Gasteiger partial charge in [-0.25, -0.2) is 9.59 Å². The van der Waals surface area contributed by atoms with Crippen LogP contribution in [0.5, 0.6) is 0 Å². The summed E-state index contributed by atoms with van der Waals surface area (Å²) in [6, 6.07) is -0.551. The zero-order chi connectivity index (χ0) is 20.0. The van der Waals surface area contributed by atoms with Gasteiger partial charge in [-0.1, -0.05) is 32.1 Å². The predicted octanol–water partition coefficient (Wildman–Crippen LogP) is 2.87. The fourth-order valence-electron chi connectivity index (χ4n) is 4.12. The van der Waals surface area contributed by atoms with Crippen LogP contribution in [-0.4, -0.2) is 54.2 Å². The Hall–Kier alpha value is -1.79. The molecule has 2 rings (SSSR count). The molecule has 2 aliphatic rings. The van der Waals surface area contributed by atoms with Crippen molar-refractivity contribution < 1.29 is 23.9 Å². The molecule has 1 N–H and O–H groups in total. The Kier molecular flexibility index (Phi) is 7.50. The number of ether oxygens (including phenoxy) is 2. The van der Waals surface area contributed by atoms with Crippen LogP contribution in [0.4, 0.5) is 4.79 Å². The van der Waals surface area contributed by atoms with Crippen molar-refractivity contribution in [3.8, 4) is 0 Å². The fourth-order valence-corrected chi connectivity index (χ4v) is 4.12. The number of carbonyl (C=O) groups is 3. The molecule has 27 heavy (non-hydrogen) atoms. The first-order chi connectivity index (χ1) is 12.7. The largest absolute Gasteiger partial charge is 0.464 e. The van der Waals surface area contributed by atoms with E-state index < -0.39 is 17.7 Å². The van der Waals surface area contributed by atoms with Crippen LogP contribution in [0.1, 0.15) is 66.2 Å². The minimum Gasteiger partial charge on any atom is -0.464 e. The van der Waals surface area contributed by atoms with Crippen LogP contribution in [0, 0.1) is 11.8 Å². The lowest BCUT2D eigenvalue weighted by molar-refractivity contribution is -0.152. The van der Waals surface area contributed by atoms with E-state index in [1.54, 1.807) is 32.6 Å². The number of hydrogen-bond acceptors (Lipinski definition) is 5. The monoisotopic (exact) mass is 382 g/mol. The highest BCUT2D eigenvalue weighted by Crippen LogP contribution is 2.37. The molecule has 1 aliphatic heterocycles. The van der Waals surface area contributed by atoms with Gasteiger partial charge in [0.15, 0.2) is 0 Å². The minimum absolute atomic E-state index is 0.178. The maximum absolute atomic E-state index is 12.7. The molecule has 0 unspecified atom stereocenters. The molecule has 1 heterocycles. The molecule has 0 aromatic rings. The number of amides is 2. The van der Waals surface area contributed by atoms with Crippen LogP contribution < -0.4 is 5.32 Å². The standard InChI is InChI=1S/C20H34N2O5/c1-5-26-18(24)16-11-15(14-9-7-6-8-10-14)13-22(16)17(23)12-21-19(25)27-20(2,3)4/h14-16H,5-13H2,1-4H3,(H,21,25)/t15-,16+/m1/s1. The number of nitrogens with zero attached hydrogens (tertiary/aromatic N) is 1. The normalized spacial score (nSPS) is 23.8. The summed E-state index contributed by atoms with van der Waals surface area (Å²) in [5, 5.41) is 2.50. The van der Waals surface area contributed by atoms with Crippen molar-refractivity contribution in [2.75, 3.05) is 19.7 Å². The quantitative estimate of drug-likeness (QED) is 0.739. The average molecular weight is 383 g/mol. The number of alkyl carbamates (subject to hydrolysis) is 1. The Morgan fingerprint density at radius 3 is 2.33 bits per heavy atom. The van der Waals surface area contributed by atoms with E-state index in [1.165, 1.54) is 32.1 Å². The first-order valence-corrected chi connectivity index (χ1v) is 10.1. The highest BCUT2D eigenvalue weighted by molar-refractivity contribution is 5.88. The molecule has 0 aromatic heterocycles. The summed E-state index contributed by atoms with van der Waals surface area (Å²) in [5.41, 5.74) is -0.625. The summed E-state index contributed by atoms with van der Waals surface area (Å²) in [6.45, 7) is 7.73. The molecular formula is C20H34N2O5. The topological polar surface area (TPSA) is 84.9 Å². The van der Waals surface area contributed by atoms with Gasteiger partial charge in [-0.3, -0.25) is 4.79 Å². The molecule has 2 amide bonds. The van der Waals surface area contributed by atoms with Crippen molar-refractivity contribution in [2.45, 2.75) is 77.9 Å². The maximum Gasteiger partial charge on any atom is 0.408 e. The zero-order valence-electron chi connectivity index (χ0n) is 17.1. The van der Waals surface area contributed by atoms with E-state index in [9.17, 15) is 14.4 Å². The molecule has 7 nitrogen and oxygen atoms in total. The smallest absolute Gasteiger partial charge is 0.408 e. The molecule has 0 aromatic carbocycles. The van der Waals surface area contributed by atoms with Crippen LogP contribution in [0.25, 0.3) is 0 Å². The van der Waals surface area contributed by atoms with Gasteiger partial charge in [-0.05, 0) is 46.0 Å². The van der Waals surface area contributed by atoms with Crippen LogP contribution in [0.3, 0.4) is 0 Å². The molecule has 7 heteroatoms. The van der Waals surface area contributed by atoms with E-state index in [4.69, 9.17) is 9.47 Å².